The van der Waals surface area contributed by atoms with E-state index in [-0.39, 0.29) is 11.8 Å². The molecule has 0 spiro atoms. The van der Waals surface area contributed by atoms with E-state index in [4.69, 9.17) is 21.1 Å². The second-order valence-corrected chi connectivity index (χ2v) is 6.71. The minimum absolute atomic E-state index is 0.0423. The number of hydrogen-bond donors (Lipinski definition) is 2. The molecule has 2 N–H and O–H groups in total. The van der Waals surface area contributed by atoms with Crippen LogP contribution in [0.25, 0.3) is 10.9 Å². The van der Waals surface area contributed by atoms with Crippen LogP contribution in [-0.2, 0) is 9.53 Å². The number of amides is 1. The van der Waals surface area contributed by atoms with Crippen LogP contribution in [-0.4, -0.2) is 38.3 Å². The van der Waals surface area contributed by atoms with E-state index in [1.165, 1.54) is 0 Å². The van der Waals surface area contributed by atoms with Gasteiger partial charge >= 0.3 is 0 Å². The number of carbonyl (C=O) groups is 1. The molecule has 0 aliphatic heterocycles. The van der Waals surface area contributed by atoms with Gasteiger partial charge in [0.1, 0.15) is 5.75 Å². The van der Waals surface area contributed by atoms with Crippen molar-refractivity contribution < 1.29 is 14.3 Å². The average Bonchev–Trinajstić information content (AvgIpc) is 3.09. The molecule has 1 heterocycles. The van der Waals surface area contributed by atoms with Crippen molar-refractivity contribution in [3.05, 3.63) is 64.8 Å². The molecule has 0 saturated carbocycles. The van der Waals surface area contributed by atoms with Crippen LogP contribution in [0.15, 0.2) is 48.7 Å². The molecule has 6 heteroatoms. The summed E-state index contributed by atoms with van der Waals surface area (Å²) in [6.07, 6.45) is 2.24. The van der Waals surface area contributed by atoms with Gasteiger partial charge in [-0.25, -0.2) is 0 Å². The SMILES string of the molecule is COCCNC(=O)C[C@@H](c1ccccc1OC)c1c[nH]c2ccc(Cl)cc12. The molecular weight excluding hydrogens is 364 g/mol. The van der Waals surface area contributed by atoms with Crippen molar-refractivity contribution in [3.8, 4) is 5.75 Å². The molecule has 0 unspecified atom stereocenters. The predicted molar refractivity (Wildman–Crippen MR) is 108 cm³/mol. The van der Waals surface area contributed by atoms with Gasteiger partial charge in [-0.1, -0.05) is 29.8 Å². The van der Waals surface area contributed by atoms with E-state index in [2.05, 4.69) is 10.3 Å². The molecule has 0 radical (unpaired) electrons. The molecule has 2 aromatic carbocycles. The van der Waals surface area contributed by atoms with Gasteiger partial charge in [0.05, 0.1) is 13.7 Å². The lowest BCUT2D eigenvalue weighted by Crippen LogP contribution is -2.28. The summed E-state index contributed by atoms with van der Waals surface area (Å²) in [5.41, 5.74) is 2.95. The third-order valence-corrected chi connectivity index (χ3v) is 4.82. The second-order valence-electron chi connectivity index (χ2n) is 6.28. The van der Waals surface area contributed by atoms with Crippen LogP contribution in [0.1, 0.15) is 23.5 Å². The zero-order valence-electron chi connectivity index (χ0n) is 15.4. The molecule has 1 aromatic heterocycles. The van der Waals surface area contributed by atoms with Gasteiger partial charge in [0, 0.05) is 53.7 Å². The van der Waals surface area contributed by atoms with Gasteiger partial charge < -0.3 is 19.8 Å². The van der Waals surface area contributed by atoms with Crippen LogP contribution in [0.3, 0.4) is 0 Å². The minimum Gasteiger partial charge on any atom is -0.496 e. The Balaban J connectivity index is 2.01. The molecule has 142 valence electrons. The average molecular weight is 387 g/mol. The molecule has 0 fully saturated rings. The Kier molecular flexibility index (Phi) is 6.37. The van der Waals surface area contributed by atoms with Gasteiger partial charge in [-0.15, -0.1) is 0 Å². The Hall–Kier alpha value is -2.50. The molecule has 3 rings (SSSR count). The second kappa shape index (κ2) is 8.93. The number of halogens is 1. The number of methoxy groups -OCH3 is 2. The largest absolute Gasteiger partial charge is 0.496 e. The molecule has 3 aromatic rings. The van der Waals surface area contributed by atoms with Crippen molar-refractivity contribution in [2.45, 2.75) is 12.3 Å². The van der Waals surface area contributed by atoms with E-state index in [1.54, 1.807) is 14.2 Å². The molecule has 27 heavy (non-hydrogen) atoms. The van der Waals surface area contributed by atoms with E-state index >= 15 is 0 Å². The Morgan fingerprint density at radius 2 is 2.00 bits per heavy atom. The van der Waals surface area contributed by atoms with Crippen LogP contribution in [0.4, 0.5) is 0 Å². The monoisotopic (exact) mass is 386 g/mol. The molecule has 5 nitrogen and oxygen atoms in total. The molecule has 0 saturated heterocycles. The van der Waals surface area contributed by atoms with Crippen molar-refractivity contribution in [2.75, 3.05) is 27.4 Å². The van der Waals surface area contributed by atoms with Crippen LogP contribution >= 0.6 is 11.6 Å². The lowest BCUT2D eigenvalue weighted by atomic mass is 9.87. The number of nitrogens with one attached hydrogen (secondary N) is 2. The van der Waals surface area contributed by atoms with Crippen LogP contribution in [0, 0.1) is 0 Å². The summed E-state index contributed by atoms with van der Waals surface area (Å²) in [6, 6.07) is 13.5. The summed E-state index contributed by atoms with van der Waals surface area (Å²) < 4.78 is 10.6. The number of aromatic amines is 1. The van der Waals surface area contributed by atoms with Gasteiger partial charge in [-0.05, 0) is 29.8 Å². The highest BCUT2D eigenvalue weighted by atomic mass is 35.5. The fraction of sp³-hybridized carbons (Fsp3) is 0.286. The Morgan fingerprint density at radius 3 is 2.78 bits per heavy atom. The van der Waals surface area contributed by atoms with Crippen LogP contribution < -0.4 is 10.1 Å². The maximum absolute atomic E-state index is 12.6. The fourth-order valence-electron chi connectivity index (χ4n) is 3.29. The Bertz CT molecular complexity index is 923. The number of para-hydroxylation sites is 1. The van der Waals surface area contributed by atoms with E-state index < -0.39 is 0 Å². The minimum atomic E-state index is -0.170. The molecule has 0 aliphatic carbocycles. The first-order valence-electron chi connectivity index (χ1n) is 8.79. The Labute approximate surface area is 163 Å². The molecule has 1 atom stereocenters. The smallest absolute Gasteiger partial charge is 0.221 e. The maximum Gasteiger partial charge on any atom is 0.221 e. The van der Waals surface area contributed by atoms with Crippen molar-refractivity contribution in [1.82, 2.24) is 10.3 Å². The number of carbonyl (C=O) groups excluding carboxylic acids is 1. The maximum atomic E-state index is 12.6. The standard InChI is InChI=1S/C21H23ClN2O3/c1-26-10-9-23-21(25)12-16(15-5-3-4-6-20(15)27-2)18-13-24-19-8-7-14(22)11-17(18)19/h3-8,11,13,16,24H,9-10,12H2,1-2H3,(H,23,25)/t16-/m0/s1. The third-order valence-electron chi connectivity index (χ3n) is 4.58. The number of ether oxygens (including phenoxy) is 2. The van der Waals surface area contributed by atoms with E-state index in [9.17, 15) is 4.79 Å². The summed E-state index contributed by atoms with van der Waals surface area (Å²) >= 11 is 6.22. The van der Waals surface area contributed by atoms with Crippen molar-refractivity contribution in [3.63, 3.8) is 0 Å². The van der Waals surface area contributed by atoms with Crippen molar-refractivity contribution in [1.29, 1.82) is 0 Å². The number of fused-ring (bicyclic) bond motifs is 1. The summed E-state index contributed by atoms with van der Waals surface area (Å²) in [7, 11) is 3.25. The first-order chi connectivity index (χ1) is 13.1. The highest BCUT2D eigenvalue weighted by Crippen LogP contribution is 2.38. The predicted octanol–water partition coefficient (Wildman–Crippen LogP) is 4.11. The number of aromatic nitrogens is 1. The fourth-order valence-corrected chi connectivity index (χ4v) is 3.47. The van der Waals surface area contributed by atoms with Gasteiger partial charge in [-0.3, -0.25) is 4.79 Å². The van der Waals surface area contributed by atoms with E-state index in [1.807, 2.05) is 48.7 Å². The topological polar surface area (TPSA) is 63.4 Å². The summed E-state index contributed by atoms with van der Waals surface area (Å²) in [4.78, 5) is 15.8. The summed E-state index contributed by atoms with van der Waals surface area (Å²) in [5, 5.41) is 4.56. The molecular formula is C21H23ClN2O3. The quantitative estimate of drug-likeness (QED) is 0.572. The van der Waals surface area contributed by atoms with Gasteiger partial charge in [0.2, 0.25) is 5.91 Å². The highest BCUT2D eigenvalue weighted by molar-refractivity contribution is 6.31. The van der Waals surface area contributed by atoms with Crippen LogP contribution in [0.2, 0.25) is 5.02 Å². The Morgan fingerprint density at radius 1 is 1.19 bits per heavy atom. The van der Waals surface area contributed by atoms with Crippen LogP contribution in [0.5, 0.6) is 5.75 Å². The van der Waals surface area contributed by atoms with E-state index in [0.717, 1.165) is 27.8 Å². The van der Waals surface area contributed by atoms with Gasteiger partial charge in [0.25, 0.3) is 0 Å². The summed E-state index contributed by atoms with van der Waals surface area (Å²) in [6.45, 7) is 0.960. The van der Waals surface area contributed by atoms with Gasteiger partial charge in [0.15, 0.2) is 0 Å². The van der Waals surface area contributed by atoms with E-state index in [0.29, 0.717) is 24.6 Å². The zero-order chi connectivity index (χ0) is 19.2. The summed E-state index contributed by atoms with van der Waals surface area (Å²) in [5.74, 6) is 0.541. The molecule has 0 bridgehead atoms. The number of hydrogen-bond acceptors (Lipinski definition) is 3. The number of H-pyrrole nitrogens is 1. The zero-order valence-corrected chi connectivity index (χ0v) is 16.2. The molecule has 0 aliphatic rings. The first kappa shape index (κ1) is 19.3. The normalized spacial score (nSPS) is 12.1. The lowest BCUT2D eigenvalue weighted by molar-refractivity contribution is -0.121. The third kappa shape index (κ3) is 4.43. The number of rotatable bonds is 8. The van der Waals surface area contributed by atoms with Crippen molar-refractivity contribution in [2.24, 2.45) is 0 Å². The molecule has 1 amide bonds. The highest BCUT2D eigenvalue weighted by Gasteiger charge is 2.24. The van der Waals surface area contributed by atoms with Crippen molar-refractivity contribution >= 4 is 28.4 Å². The lowest BCUT2D eigenvalue weighted by Gasteiger charge is -2.20. The first-order valence-corrected chi connectivity index (χ1v) is 9.17. The number of benzene rings is 2. The van der Waals surface area contributed by atoms with Gasteiger partial charge in [-0.2, -0.15) is 0 Å².